The van der Waals surface area contributed by atoms with Crippen LogP contribution in [0, 0.1) is 5.92 Å². The van der Waals surface area contributed by atoms with E-state index in [0.29, 0.717) is 24.3 Å². The maximum atomic E-state index is 13.1. The molecule has 28 heavy (non-hydrogen) atoms. The molecule has 6 nitrogen and oxygen atoms in total. The number of hydrogen-bond donors (Lipinski definition) is 1. The molecule has 1 atom stereocenters. The van der Waals surface area contributed by atoms with Crippen molar-refractivity contribution in [3.8, 4) is 0 Å². The van der Waals surface area contributed by atoms with Gasteiger partial charge in [0.05, 0.1) is 13.0 Å². The lowest BCUT2D eigenvalue weighted by molar-refractivity contribution is -0.145. The summed E-state index contributed by atoms with van der Waals surface area (Å²) in [6.07, 6.45) is 7.67. The molecule has 0 spiro atoms. The fraction of sp³-hybridized carbons (Fsp3) is 0.500. The van der Waals surface area contributed by atoms with E-state index in [2.05, 4.69) is 11.4 Å². The van der Waals surface area contributed by atoms with Crippen LogP contribution < -0.4 is 5.32 Å². The van der Waals surface area contributed by atoms with Gasteiger partial charge in [-0.2, -0.15) is 0 Å². The predicted molar refractivity (Wildman–Crippen MR) is 109 cm³/mol. The molecule has 1 unspecified atom stereocenters. The normalized spacial score (nSPS) is 14.6. The van der Waals surface area contributed by atoms with E-state index in [-0.39, 0.29) is 17.8 Å². The fourth-order valence-corrected chi connectivity index (χ4v) is 3.41. The van der Waals surface area contributed by atoms with Crippen LogP contribution in [-0.2, 0) is 14.3 Å². The first-order valence-electron chi connectivity index (χ1n) is 9.83. The molecule has 1 aromatic rings. The lowest BCUT2D eigenvalue weighted by Crippen LogP contribution is -2.38. The molecular formula is C22H30N2O4. The van der Waals surface area contributed by atoms with E-state index in [4.69, 9.17) is 4.74 Å². The molecule has 0 fully saturated rings. The van der Waals surface area contributed by atoms with Gasteiger partial charge in [0.1, 0.15) is 0 Å². The van der Waals surface area contributed by atoms with E-state index < -0.39 is 5.92 Å². The lowest BCUT2D eigenvalue weighted by atomic mass is 9.97. The molecule has 0 bridgehead atoms. The van der Waals surface area contributed by atoms with Crippen LogP contribution in [0.15, 0.2) is 35.9 Å². The quantitative estimate of drug-likeness (QED) is 0.545. The van der Waals surface area contributed by atoms with Crippen LogP contribution in [-0.4, -0.2) is 42.9 Å². The Bertz CT molecular complexity index is 742. The summed E-state index contributed by atoms with van der Waals surface area (Å²) in [7, 11) is 1.36. The van der Waals surface area contributed by atoms with Crippen LogP contribution in [0.5, 0.6) is 0 Å². The summed E-state index contributed by atoms with van der Waals surface area (Å²) in [6.45, 7) is 4.04. The number of hydrogen-bond acceptors (Lipinski definition) is 4. The molecule has 0 saturated heterocycles. The second kappa shape index (κ2) is 10.6. The first kappa shape index (κ1) is 21.7. The van der Waals surface area contributed by atoms with E-state index in [9.17, 15) is 14.4 Å². The molecule has 6 heteroatoms. The predicted octanol–water partition coefficient (Wildman–Crippen LogP) is 3.79. The minimum absolute atomic E-state index is 0.153. The molecule has 0 heterocycles. The molecular weight excluding hydrogens is 356 g/mol. The van der Waals surface area contributed by atoms with E-state index in [1.165, 1.54) is 32.4 Å². The summed E-state index contributed by atoms with van der Waals surface area (Å²) >= 11 is 0. The third kappa shape index (κ3) is 6.51. The van der Waals surface area contributed by atoms with Gasteiger partial charge in [0, 0.05) is 31.3 Å². The van der Waals surface area contributed by atoms with Gasteiger partial charge in [0.15, 0.2) is 0 Å². The number of rotatable bonds is 8. The Kier molecular flexibility index (Phi) is 8.23. The van der Waals surface area contributed by atoms with Gasteiger partial charge in [-0.1, -0.05) is 24.6 Å². The topological polar surface area (TPSA) is 75.7 Å². The smallest absolute Gasteiger partial charge is 0.310 e. The summed E-state index contributed by atoms with van der Waals surface area (Å²) in [5, 5.41) is 2.70. The van der Waals surface area contributed by atoms with E-state index in [0.717, 1.165) is 19.3 Å². The van der Waals surface area contributed by atoms with Gasteiger partial charge in [-0.05, 0) is 50.3 Å². The van der Waals surface area contributed by atoms with E-state index >= 15 is 0 Å². The highest BCUT2D eigenvalue weighted by molar-refractivity contribution is 5.97. The van der Waals surface area contributed by atoms with Crippen LogP contribution in [0.1, 0.15) is 56.3 Å². The van der Waals surface area contributed by atoms with Gasteiger partial charge in [0.25, 0.3) is 5.91 Å². The number of anilines is 1. The highest BCUT2D eigenvalue weighted by Gasteiger charge is 2.23. The van der Waals surface area contributed by atoms with Crippen molar-refractivity contribution in [1.29, 1.82) is 0 Å². The molecule has 2 amide bonds. The minimum Gasteiger partial charge on any atom is -0.469 e. The SMILES string of the molecule is COC(=O)C(C)CN(CCC1=CCCCC1)C(=O)c1cccc(NC(C)=O)c1. The second-order valence-corrected chi connectivity index (χ2v) is 7.30. The molecule has 2 rings (SSSR count). The number of nitrogens with zero attached hydrogens (tertiary/aromatic N) is 1. The van der Waals surface area contributed by atoms with Gasteiger partial charge in [-0.25, -0.2) is 0 Å². The van der Waals surface area contributed by atoms with Gasteiger partial charge < -0.3 is 15.0 Å². The van der Waals surface area contributed by atoms with Crippen LogP contribution in [0.3, 0.4) is 0 Å². The zero-order chi connectivity index (χ0) is 20.5. The Morgan fingerprint density at radius 1 is 1.25 bits per heavy atom. The molecule has 0 aromatic heterocycles. The van der Waals surface area contributed by atoms with Crippen LogP contribution in [0.25, 0.3) is 0 Å². The Hall–Kier alpha value is -2.63. The summed E-state index contributed by atoms with van der Waals surface area (Å²) < 4.78 is 4.82. The number of esters is 1. The van der Waals surface area contributed by atoms with Gasteiger partial charge in [0.2, 0.25) is 5.91 Å². The van der Waals surface area contributed by atoms with Crippen molar-refractivity contribution in [1.82, 2.24) is 4.90 Å². The Balaban J connectivity index is 2.16. The number of amides is 2. The summed E-state index contributed by atoms with van der Waals surface area (Å²) in [5.41, 5.74) is 2.44. The molecule has 0 radical (unpaired) electrons. The van der Waals surface area contributed by atoms with Crippen molar-refractivity contribution in [3.05, 3.63) is 41.5 Å². The standard InChI is InChI=1S/C22H30N2O4/c1-16(22(27)28-3)15-24(13-12-18-8-5-4-6-9-18)21(26)19-10-7-11-20(14-19)23-17(2)25/h7-8,10-11,14,16H,4-6,9,12-13,15H2,1-3H3,(H,23,25). The molecule has 0 aliphatic heterocycles. The molecule has 1 aromatic carbocycles. The van der Waals surface area contributed by atoms with Crippen molar-refractivity contribution >= 4 is 23.5 Å². The Morgan fingerprint density at radius 3 is 2.68 bits per heavy atom. The number of carbonyl (C=O) groups excluding carboxylic acids is 3. The summed E-state index contributed by atoms with van der Waals surface area (Å²) in [6, 6.07) is 6.87. The third-order valence-corrected chi connectivity index (χ3v) is 4.90. The maximum absolute atomic E-state index is 13.1. The number of carbonyl (C=O) groups is 3. The fourth-order valence-electron chi connectivity index (χ4n) is 3.41. The number of nitrogens with one attached hydrogen (secondary N) is 1. The van der Waals surface area contributed by atoms with Crippen molar-refractivity contribution in [2.45, 2.75) is 46.0 Å². The minimum atomic E-state index is -0.409. The molecule has 152 valence electrons. The summed E-state index contributed by atoms with van der Waals surface area (Å²) in [5.74, 6) is -1.08. The van der Waals surface area contributed by atoms with Crippen molar-refractivity contribution < 1.29 is 19.1 Å². The van der Waals surface area contributed by atoms with Crippen molar-refractivity contribution in [2.75, 3.05) is 25.5 Å². The van der Waals surface area contributed by atoms with Crippen molar-refractivity contribution in [2.24, 2.45) is 5.92 Å². The zero-order valence-electron chi connectivity index (χ0n) is 17.0. The first-order valence-corrected chi connectivity index (χ1v) is 9.83. The lowest BCUT2D eigenvalue weighted by Gasteiger charge is -2.26. The number of benzene rings is 1. The largest absolute Gasteiger partial charge is 0.469 e. The maximum Gasteiger partial charge on any atom is 0.310 e. The van der Waals surface area contributed by atoms with Crippen LogP contribution >= 0.6 is 0 Å². The van der Waals surface area contributed by atoms with Crippen molar-refractivity contribution in [3.63, 3.8) is 0 Å². The van der Waals surface area contributed by atoms with Crippen LogP contribution in [0.4, 0.5) is 5.69 Å². The average Bonchev–Trinajstić information content (AvgIpc) is 2.70. The third-order valence-electron chi connectivity index (χ3n) is 4.90. The average molecular weight is 386 g/mol. The number of ether oxygens (including phenoxy) is 1. The van der Waals surface area contributed by atoms with E-state index in [1.807, 2.05) is 0 Å². The van der Waals surface area contributed by atoms with E-state index in [1.54, 1.807) is 36.1 Å². The molecule has 1 aliphatic rings. The number of allylic oxidation sites excluding steroid dienone is 1. The van der Waals surface area contributed by atoms with Gasteiger partial charge in [-0.3, -0.25) is 14.4 Å². The second-order valence-electron chi connectivity index (χ2n) is 7.30. The number of methoxy groups -OCH3 is 1. The van der Waals surface area contributed by atoms with Gasteiger partial charge in [-0.15, -0.1) is 0 Å². The first-order chi connectivity index (χ1) is 13.4. The molecule has 1 aliphatic carbocycles. The van der Waals surface area contributed by atoms with Gasteiger partial charge >= 0.3 is 5.97 Å². The summed E-state index contributed by atoms with van der Waals surface area (Å²) in [4.78, 5) is 38.0. The molecule has 1 N–H and O–H groups in total. The highest BCUT2D eigenvalue weighted by Crippen LogP contribution is 2.21. The molecule has 0 saturated carbocycles. The highest BCUT2D eigenvalue weighted by atomic mass is 16.5. The Labute approximate surface area is 166 Å². The zero-order valence-corrected chi connectivity index (χ0v) is 17.0. The Morgan fingerprint density at radius 2 is 2.04 bits per heavy atom. The monoisotopic (exact) mass is 386 g/mol. The van der Waals surface area contributed by atoms with Crippen LogP contribution in [0.2, 0.25) is 0 Å².